The molecule has 0 bridgehead atoms. The highest BCUT2D eigenvalue weighted by Crippen LogP contribution is 2.51. The Balaban J connectivity index is 1.46. The molecule has 9 N–H and O–H groups in total. The molecule has 0 atom stereocenters. The average molecular weight is 515 g/mol. The Labute approximate surface area is 206 Å². The van der Waals surface area contributed by atoms with Crippen LogP contribution in [0.5, 0.6) is 46.0 Å². The van der Waals surface area contributed by atoms with Gasteiger partial charge in [-0.05, 0) is 0 Å². The number of hydrogen-bond donors (Lipinski definition) is 9. The number of hydrogen-bond acceptors (Lipinski definition) is 13. The molecule has 1 saturated heterocycles. The van der Waals surface area contributed by atoms with Gasteiger partial charge < -0.3 is 55.6 Å². The molecule has 0 unspecified atom stereocenters. The Kier molecular flexibility index (Phi) is 6.09. The fourth-order valence-electron chi connectivity index (χ4n) is 4.14. The van der Waals surface area contributed by atoms with Crippen LogP contribution in [0.25, 0.3) is 10.9 Å². The second-order valence-corrected chi connectivity index (χ2v) is 8.23. The highest BCUT2D eigenvalue weighted by molar-refractivity contribution is 5.94. The minimum absolute atomic E-state index is 0.0253. The summed E-state index contributed by atoms with van der Waals surface area (Å²) in [5.41, 5.74) is -2.32. The summed E-state index contributed by atoms with van der Waals surface area (Å²) in [5.74, 6) is -7.71. The van der Waals surface area contributed by atoms with Crippen molar-refractivity contribution < 1.29 is 45.6 Å². The zero-order valence-corrected chi connectivity index (χ0v) is 18.9. The number of nitriles is 1. The first kappa shape index (κ1) is 24.9. The molecule has 0 aliphatic carbocycles. The molecule has 0 spiro atoms. The SMILES string of the molecule is N#Cc1c(O)c(O)c(N2CCN(C(=O)CCc3nc4c(O)c(O)c(O)c(O)c4c(=O)[nH]3)CC2)c(O)c1O. The van der Waals surface area contributed by atoms with Gasteiger partial charge in [-0.25, -0.2) is 4.98 Å². The van der Waals surface area contributed by atoms with Crippen LogP contribution in [-0.2, 0) is 11.2 Å². The lowest BCUT2D eigenvalue weighted by Gasteiger charge is -2.36. The van der Waals surface area contributed by atoms with Gasteiger partial charge in [0.2, 0.25) is 17.4 Å². The number of benzene rings is 2. The van der Waals surface area contributed by atoms with E-state index in [1.807, 2.05) is 0 Å². The molecule has 2 heterocycles. The quantitative estimate of drug-likeness (QED) is 0.160. The van der Waals surface area contributed by atoms with Gasteiger partial charge in [0, 0.05) is 39.0 Å². The van der Waals surface area contributed by atoms with Crippen molar-refractivity contribution in [3.05, 3.63) is 21.7 Å². The summed E-state index contributed by atoms with van der Waals surface area (Å²) < 4.78 is 0. The van der Waals surface area contributed by atoms with E-state index in [1.165, 1.54) is 15.9 Å². The number of amides is 1. The second kappa shape index (κ2) is 9.07. The number of fused-ring (bicyclic) bond motifs is 1. The Hall–Kier alpha value is -5.26. The molecule has 4 rings (SSSR count). The molecule has 2 aromatic carbocycles. The van der Waals surface area contributed by atoms with Gasteiger partial charge in [0.05, 0.1) is 0 Å². The van der Waals surface area contributed by atoms with E-state index in [1.54, 1.807) is 0 Å². The van der Waals surface area contributed by atoms with E-state index in [0.29, 0.717) is 0 Å². The van der Waals surface area contributed by atoms with Gasteiger partial charge in [0.15, 0.2) is 34.5 Å². The van der Waals surface area contributed by atoms with Gasteiger partial charge in [-0.2, -0.15) is 5.26 Å². The highest BCUT2D eigenvalue weighted by atomic mass is 16.3. The molecular weight excluding hydrogens is 494 g/mol. The van der Waals surface area contributed by atoms with Crippen LogP contribution in [-0.4, -0.2) is 87.8 Å². The fourth-order valence-corrected chi connectivity index (χ4v) is 4.14. The van der Waals surface area contributed by atoms with Crippen LogP contribution in [0, 0.1) is 11.3 Å². The predicted molar refractivity (Wildman–Crippen MR) is 124 cm³/mol. The van der Waals surface area contributed by atoms with E-state index < -0.39 is 68.0 Å². The Morgan fingerprint density at radius 1 is 0.838 bits per heavy atom. The number of aromatic amines is 1. The third kappa shape index (κ3) is 3.99. The summed E-state index contributed by atoms with van der Waals surface area (Å²) in [7, 11) is 0. The van der Waals surface area contributed by atoms with Crippen LogP contribution < -0.4 is 10.5 Å². The monoisotopic (exact) mass is 515 g/mol. The number of rotatable bonds is 4. The number of piperazine rings is 1. The van der Waals surface area contributed by atoms with E-state index >= 15 is 0 Å². The summed E-state index contributed by atoms with van der Waals surface area (Å²) >= 11 is 0. The number of aryl methyl sites for hydroxylation is 1. The number of nitrogens with one attached hydrogen (secondary N) is 1. The molecular formula is C22H21N5O10. The molecule has 1 fully saturated rings. The standard InChI is InChI=1S/C22H21N5O10/c23-7-8-14(29)18(33)13(19(34)15(8)30)27-5-3-26(4-6-27)10(28)2-1-9-24-12-11(22(37)25-9)16(31)20(35)21(36)17(12)32/h29-36H,1-6H2,(H,24,25,37). The van der Waals surface area contributed by atoms with Crippen molar-refractivity contribution in [3.8, 4) is 52.1 Å². The van der Waals surface area contributed by atoms with E-state index in [2.05, 4.69) is 9.97 Å². The van der Waals surface area contributed by atoms with Crippen molar-refractivity contribution in [2.24, 2.45) is 0 Å². The highest BCUT2D eigenvalue weighted by Gasteiger charge is 2.30. The summed E-state index contributed by atoms with van der Waals surface area (Å²) in [5, 5.41) is 88.0. The lowest BCUT2D eigenvalue weighted by molar-refractivity contribution is -0.131. The molecule has 0 radical (unpaired) electrons. The van der Waals surface area contributed by atoms with Gasteiger partial charge in [0.1, 0.15) is 34.0 Å². The minimum atomic E-state index is -1.08. The number of aromatic nitrogens is 2. The summed E-state index contributed by atoms with van der Waals surface area (Å²) in [4.78, 5) is 34.3. The predicted octanol–water partition coefficient (Wildman–Crippen LogP) is -0.279. The number of H-pyrrole nitrogens is 1. The number of carbonyl (C=O) groups is 1. The van der Waals surface area contributed by atoms with Crippen molar-refractivity contribution in [3.63, 3.8) is 0 Å². The minimum Gasteiger partial charge on any atom is -0.504 e. The van der Waals surface area contributed by atoms with Crippen molar-refractivity contribution >= 4 is 22.5 Å². The van der Waals surface area contributed by atoms with Crippen LogP contribution in [0.1, 0.15) is 17.8 Å². The molecule has 1 aliphatic heterocycles. The Morgan fingerprint density at radius 3 is 1.97 bits per heavy atom. The smallest absolute Gasteiger partial charge is 0.262 e. The molecule has 3 aromatic rings. The zero-order valence-electron chi connectivity index (χ0n) is 18.9. The number of nitrogens with zero attached hydrogens (tertiary/aromatic N) is 4. The normalized spacial score (nSPS) is 13.6. The zero-order chi connectivity index (χ0) is 27.2. The first-order chi connectivity index (χ1) is 17.5. The van der Waals surface area contributed by atoms with Crippen LogP contribution in [0.2, 0.25) is 0 Å². The summed E-state index contributed by atoms with van der Waals surface area (Å²) in [6, 6.07) is 1.48. The summed E-state index contributed by atoms with van der Waals surface area (Å²) in [6.07, 6.45) is -0.203. The molecule has 0 saturated carbocycles. The molecule has 1 aromatic heterocycles. The fraction of sp³-hybridized carbons (Fsp3) is 0.273. The Bertz CT molecular complexity index is 1510. The number of aromatic hydroxyl groups is 8. The van der Waals surface area contributed by atoms with E-state index in [-0.39, 0.29) is 56.4 Å². The Morgan fingerprint density at radius 2 is 1.41 bits per heavy atom. The van der Waals surface area contributed by atoms with Crippen LogP contribution >= 0.6 is 0 Å². The molecule has 37 heavy (non-hydrogen) atoms. The van der Waals surface area contributed by atoms with Gasteiger partial charge in [-0.15, -0.1) is 0 Å². The molecule has 15 heteroatoms. The van der Waals surface area contributed by atoms with Crippen molar-refractivity contribution in [2.45, 2.75) is 12.8 Å². The van der Waals surface area contributed by atoms with Crippen LogP contribution in [0.15, 0.2) is 4.79 Å². The van der Waals surface area contributed by atoms with E-state index in [0.717, 1.165) is 0 Å². The maximum Gasteiger partial charge on any atom is 0.262 e. The van der Waals surface area contributed by atoms with Gasteiger partial charge >= 0.3 is 0 Å². The average Bonchev–Trinajstić information content (AvgIpc) is 2.88. The molecule has 1 aliphatic rings. The first-order valence-electron chi connectivity index (χ1n) is 10.8. The molecule has 1 amide bonds. The second-order valence-electron chi connectivity index (χ2n) is 8.23. The number of phenolic OH excluding ortho intramolecular Hbond substituents is 8. The van der Waals surface area contributed by atoms with Crippen molar-refractivity contribution in [2.75, 3.05) is 31.1 Å². The lowest BCUT2D eigenvalue weighted by Crippen LogP contribution is -2.49. The number of anilines is 1. The largest absolute Gasteiger partial charge is 0.504 e. The molecule has 15 nitrogen and oxygen atoms in total. The molecule has 194 valence electrons. The van der Waals surface area contributed by atoms with E-state index in [9.17, 15) is 50.4 Å². The van der Waals surface area contributed by atoms with Crippen molar-refractivity contribution in [1.29, 1.82) is 5.26 Å². The van der Waals surface area contributed by atoms with E-state index in [4.69, 9.17) is 5.26 Å². The topological polar surface area (TPSA) is 255 Å². The maximum atomic E-state index is 12.7. The van der Waals surface area contributed by atoms with Crippen molar-refractivity contribution in [1.82, 2.24) is 14.9 Å². The van der Waals surface area contributed by atoms with Gasteiger partial charge in [-0.1, -0.05) is 0 Å². The van der Waals surface area contributed by atoms with Gasteiger partial charge in [-0.3, -0.25) is 9.59 Å². The van der Waals surface area contributed by atoms with Crippen LogP contribution in [0.4, 0.5) is 5.69 Å². The third-order valence-electron chi connectivity index (χ3n) is 6.11. The number of phenols is 8. The first-order valence-corrected chi connectivity index (χ1v) is 10.8. The summed E-state index contributed by atoms with van der Waals surface area (Å²) in [6.45, 7) is 0.447. The number of carbonyl (C=O) groups excluding carboxylic acids is 1. The van der Waals surface area contributed by atoms with Crippen LogP contribution in [0.3, 0.4) is 0 Å². The maximum absolute atomic E-state index is 12.7. The third-order valence-corrected chi connectivity index (χ3v) is 6.11. The lowest BCUT2D eigenvalue weighted by atomic mass is 10.1. The van der Waals surface area contributed by atoms with Gasteiger partial charge in [0.25, 0.3) is 5.56 Å².